The molecule has 3 fully saturated rings. The highest BCUT2D eigenvalue weighted by atomic mass is 32.2. The number of guanidine groups is 1. The molecule has 0 atom stereocenters. The van der Waals surface area contributed by atoms with E-state index in [1.165, 1.54) is 45.2 Å². The van der Waals surface area contributed by atoms with Crippen molar-refractivity contribution >= 4 is 17.7 Å². The molecule has 5 heteroatoms. The van der Waals surface area contributed by atoms with Gasteiger partial charge >= 0.3 is 0 Å². The van der Waals surface area contributed by atoms with Gasteiger partial charge in [-0.3, -0.25) is 4.99 Å². The quantitative estimate of drug-likeness (QED) is 0.631. The Hall–Kier alpha value is -0.420. The van der Waals surface area contributed by atoms with E-state index >= 15 is 0 Å². The van der Waals surface area contributed by atoms with Crippen molar-refractivity contribution in [3.8, 4) is 0 Å². The second-order valence-electron chi connectivity index (χ2n) is 7.55. The van der Waals surface area contributed by atoms with E-state index in [0.29, 0.717) is 5.41 Å². The SMILES string of the molecule is CCNC(=NCC1(SC)CCOCC1)N1CCC2(CCCC2)C1. The van der Waals surface area contributed by atoms with Crippen molar-refractivity contribution in [2.24, 2.45) is 10.4 Å². The van der Waals surface area contributed by atoms with Crippen molar-refractivity contribution in [1.82, 2.24) is 10.2 Å². The third-order valence-corrected chi connectivity index (χ3v) is 7.49. The maximum absolute atomic E-state index is 5.56. The van der Waals surface area contributed by atoms with Gasteiger partial charge in [-0.1, -0.05) is 12.8 Å². The first-order chi connectivity index (χ1) is 11.2. The van der Waals surface area contributed by atoms with Gasteiger partial charge < -0.3 is 15.0 Å². The molecule has 0 aromatic heterocycles. The number of likely N-dealkylation sites (tertiary alicyclic amines) is 1. The number of thioether (sulfide) groups is 1. The lowest BCUT2D eigenvalue weighted by Crippen LogP contribution is -2.43. The summed E-state index contributed by atoms with van der Waals surface area (Å²) in [5.41, 5.74) is 0.603. The normalized spacial score (nSPS) is 26.9. The number of aliphatic imine (C=N–C) groups is 1. The van der Waals surface area contributed by atoms with Crippen molar-refractivity contribution in [3.63, 3.8) is 0 Å². The largest absolute Gasteiger partial charge is 0.381 e. The molecule has 1 N–H and O–H groups in total. The summed E-state index contributed by atoms with van der Waals surface area (Å²) in [6, 6.07) is 0. The van der Waals surface area contributed by atoms with Crippen molar-refractivity contribution in [2.75, 3.05) is 45.6 Å². The van der Waals surface area contributed by atoms with E-state index in [4.69, 9.17) is 9.73 Å². The van der Waals surface area contributed by atoms with Crippen LogP contribution in [0.1, 0.15) is 51.9 Å². The van der Waals surface area contributed by atoms with Crippen LogP contribution in [0.4, 0.5) is 0 Å². The number of hydrogen-bond acceptors (Lipinski definition) is 3. The summed E-state index contributed by atoms with van der Waals surface area (Å²) in [6.07, 6.45) is 11.6. The molecule has 0 amide bonds. The minimum absolute atomic E-state index is 0.281. The van der Waals surface area contributed by atoms with Crippen LogP contribution in [0.3, 0.4) is 0 Å². The Morgan fingerprint density at radius 2 is 1.91 bits per heavy atom. The number of rotatable bonds is 4. The van der Waals surface area contributed by atoms with E-state index in [-0.39, 0.29) is 4.75 Å². The number of nitrogens with one attached hydrogen (secondary N) is 1. The highest BCUT2D eigenvalue weighted by Gasteiger charge is 2.41. The zero-order chi connectivity index (χ0) is 16.2. The van der Waals surface area contributed by atoms with Crippen LogP contribution in [-0.2, 0) is 4.74 Å². The Bertz CT molecular complexity index is 414. The predicted molar refractivity (Wildman–Crippen MR) is 99.4 cm³/mol. The Kier molecular flexibility index (Phi) is 5.78. The first-order valence-electron chi connectivity index (χ1n) is 9.37. The molecule has 0 aromatic rings. The fraction of sp³-hybridized carbons (Fsp3) is 0.944. The van der Waals surface area contributed by atoms with Gasteiger partial charge in [-0.15, -0.1) is 0 Å². The Balaban J connectivity index is 1.65. The van der Waals surface area contributed by atoms with Crippen LogP contribution in [0.25, 0.3) is 0 Å². The van der Waals surface area contributed by atoms with Gasteiger partial charge in [0.25, 0.3) is 0 Å². The Morgan fingerprint density at radius 3 is 2.57 bits per heavy atom. The molecule has 3 aliphatic rings. The highest BCUT2D eigenvalue weighted by Crippen LogP contribution is 2.45. The first-order valence-corrected chi connectivity index (χ1v) is 10.6. The van der Waals surface area contributed by atoms with Gasteiger partial charge in [-0.25, -0.2) is 0 Å². The number of nitrogens with zero attached hydrogens (tertiary/aromatic N) is 2. The van der Waals surface area contributed by atoms with E-state index in [0.717, 1.165) is 45.1 Å². The van der Waals surface area contributed by atoms with Gasteiger partial charge in [0.1, 0.15) is 0 Å². The second-order valence-corrected chi connectivity index (χ2v) is 8.82. The maximum Gasteiger partial charge on any atom is 0.193 e. The van der Waals surface area contributed by atoms with Gasteiger partial charge in [-0.2, -0.15) is 11.8 Å². The van der Waals surface area contributed by atoms with Gasteiger partial charge in [0.15, 0.2) is 5.96 Å². The van der Waals surface area contributed by atoms with Gasteiger partial charge in [0.2, 0.25) is 0 Å². The molecule has 3 rings (SSSR count). The topological polar surface area (TPSA) is 36.9 Å². The van der Waals surface area contributed by atoms with Crippen LogP contribution in [0.2, 0.25) is 0 Å². The van der Waals surface area contributed by atoms with Crippen molar-refractivity contribution in [3.05, 3.63) is 0 Å². The van der Waals surface area contributed by atoms with E-state index in [2.05, 4.69) is 23.4 Å². The molecule has 1 aliphatic carbocycles. The third kappa shape index (κ3) is 3.98. The zero-order valence-corrected chi connectivity index (χ0v) is 15.7. The first kappa shape index (κ1) is 17.4. The average molecular weight is 340 g/mol. The summed E-state index contributed by atoms with van der Waals surface area (Å²) >= 11 is 1.98. The molecule has 132 valence electrons. The summed E-state index contributed by atoms with van der Waals surface area (Å²) < 4.78 is 5.84. The molecule has 4 nitrogen and oxygen atoms in total. The molecule has 0 radical (unpaired) electrons. The number of ether oxygens (including phenoxy) is 1. The molecule has 0 unspecified atom stereocenters. The third-order valence-electron chi connectivity index (χ3n) is 6.09. The minimum Gasteiger partial charge on any atom is -0.381 e. The lowest BCUT2D eigenvalue weighted by Gasteiger charge is -2.35. The van der Waals surface area contributed by atoms with E-state index in [9.17, 15) is 0 Å². The lowest BCUT2D eigenvalue weighted by molar-refractivity contribution is 0.0793. The summed E-state index contributed by atoms with van der Waals surface area (Å²) in [6.45, 7) is 8.23. The predicted octanol–water partition coefficient (Wildman–Crippen LogP) is 3.13. The van der Waals surface area contributed by atoms with Gasteiger partial charge in [0, 0.05) is 37.6 Å². The molecule has 2 saturated heterocycles. The summed E-state index contributed by atoms with van der Waals surface area (Å²) in [5, 5.41) is 3.55. The summed E-state index contributed by atoms with van der Waals surface area (Å²) in [5.74, 6) is 1.15. The molecule has 1 spiro atoms. The van der Waals surface area contributed by atoms with Crippen LogP contribution < -0.4 is 5.32 Å². The average Bonchev–Trinajstić information content (AvgIpc) is 3.23. The standard InChI is InChI=1S/C18H33N3OS/c1-3-19-16(20-14-18(23-2)9-12-22-13-10-18)21-11-8-17(15-21)6-4-5-7-17/h3-15H2,1-2H3,(H,19,20). The molecule has 1 saturated carbocycles. The van der Waals surface area contributed by atoms with E-state index in [1.54, 1.807) is 0 Å². The summed E-state index contributed by atoms with van der Waals surface area (Å²) in [7, 11) is 0. The van der Waals surface area contributed by atoms with Crippen molar-refractivity contribution in [2.45, 2.75) is 56.6 Å². The van der Waals surface area contributed by atoms with Crippen LogP contribution in [0, 0.1) is 5.41 Å². The Morgan fingerprint density at radius 1 is 1.17 bits per heavy atom. The Labute approximate surface area is 145 Å². The van der Waals surface area contributed by atoms with E-state index < -0.39 is 0 Å². The van der Waals surface area contributed by atoms with Gasteiger partial charge in [-0.05, 0) is 50.7 Å². The molecule has 0 aromatic carbocycles. The van der Waals surface area contributed by atoms with Crippen LogP contribution in [0.5, 0.6) is 0 Å². The molecule has 2 heterocycles. The smallest absolute Gasteiger partial charge is 0.193 e. The van der Waals surface area contributed by atoms with Crippen molar-refractivity contribution in [1.29, 1.82) is 0 Å². The summed E-state index contributed by atoms with van der Waals surface area (Å²) in [4.78, 5) is 7.60. The van der Waals surface area contributed by atoms with Gasteiger partial charge in [0.05, 0.1) is 6.54 Å². The molecule has 23 heavy (non-hydrogen) atoms. The molecule has 2 aliphatic heterocycles. The second kappa shape index (κ2) is 7.64. The molecular formula is C18H33N3OS. The lowest BCUT2D eigenvalue weighted by atomic mass is 9.86. The van der Waals surface area contributed by atoms with E-state index in [1.807, 2.05) is 11.8 Å². The maximum atomic E-state index is 5.56. The molecular weight excluding hydrogens is 306 g/mol. The van der Waals surface area contributed by atoms with Crippen molar-refractivity contribution < 1.29 is 4.74 Å². The van der Waals surface area contributed by atoms with Crippen LogP contribution in [-0.4, -0.2) is 61.3 Å². The molecule has 0 bridgehead atoms. The van der Waals surface area contributed by atoms with Crippen LogP contribution >= 0.6 is 11.8 Å². The highest BCUT2D eigenvalue weighted by molar-refractivity contribution is 8.00. The monoisotopic (exact) mass is 339 g/mol. The van der Waals surface area contributed by atoms with Crippen LogP contribution in [0.15, 0.2) is 4.99 Å². The fourth-order valence-corrected chi connectivity index (χ4v) is 5.23. The fourth-order valence-electron chi connectivity index (χ4n) is 4.46. The zero-order valence-electron chi connectivity index (χ0n) is 14.9. The minimum atomic E-state index is 0.281. The number of hydrogen-bond donors (Lipinski definition) is 1.